The lowest BCUT2D eigenvalue weighted by Crippen LogP contribution is -2.49. The molecule has 2 amide bonds. The normalized spacial score (nSPS) is 13.4. The van der Waals surface area contributed by atoms with E-state index < -0.39 is 18.1 Å². The average Bonchev–Trinajstić information content (AvgIpc) is 2.93. The molecule has 0 aliphatic carbocycles. The van der Waals surface area contributed by atoms with Gasteiger partial charge < -0.3 is 25.7 Å². The van der Waals surface area contributed by atoms with Crippen molar-refractivity contribution in [1.82, 2.24) is 4.90 Å². The average molecular weight is 601 g/mol. The highest BCUT2D eigenvalue weighted by molar-refractivity contribution is 6.05. The molecule has 13 heteroatoms. The number of aromatic carboxylic acids is 1. The summed E-state index contributed by atoms with van der Waals surface area (Å²) in [6, 6.07) is 19.8. The Morgan fingerprint density at radius 3 is 1.93 bits per heavy atom. The smallest absolute Gasteiger partial charge is 0.478 e. The van der Waals surface area contributed by atoms with Gasteiger partial charge in [0.05, 0.1) is 17.8 Å². The van der Waals surface area contributed by atoms with Crippen molar-refractivity contribution in [1.29, 1.82) is 0 Å². The van der Waals surface area contributed by atoms with Crippen LogP contribution in [0.15, 0.2) is 66.7 Å². The van der Waals surface area contributed by atoms with Gasteiger partial charge in [-0.1, -0.05) is 29.8 Å². The third-order valence-electron chi connectivity index (χ3n) is 6.39. The Hall–Kier alpha value is -4.91. The van der Waals surface area contributed by atoms with Crippen molar-refractivity contribution in [3.05, 3.63) is 89.0 Å². The number of anilines is 3. The number of halogens is 3. The number of carbonyl (C=O) groups is 4. The lowest BCUT2D eigenvalue weighted by molar-refractivity contribution is -0.192. The Morgan fingerprint density at radius 2 is 1.37 bits per heavy atom. The van der Waals surface area contributed by atoms with Crippen molar-refractivity contribution in [2.24, 2.45) is 0 Å². The zero-order valence-electron chi connectivity index (χ0n) is 23.4. The first-order valence-electron chi connectivity index (χ1n) is 13.1. The number of carboxylic acid groups (broad SMARTS) is 2. The summed E-state index contributed by atoms with van der Waals surface area (Å²) in [7, 11) is 0. The number of hydrogen-bond donors (Lipinski definition) is 4. The second-order valence-corrected chi connectivity index (χ2v) is 9.84. The molecule has 43 heavy (non-hydrogen) atoms. The Morgan fingerprint density at radius 1 is 0.791 bits per heavy atom. The molecule has 3 aromatic carbocycles. The molecule has 0 spiro atoms. The maximum Gasteiger partial charge on any atom is 0.490 e. The minimum Gasteiger partial charge on any atom is -0.478 e. The molecule has 1 heterocycles. The number of aryl methyl sites for hydroxylation is 2. The molecule has 0 unspecified atom stereocenters. The van der Waals surface area contributed by atoms with E-state index >= 15 is 0 Å². The molecular weight excluding hydrogens is 569 g/mol. The molecule has 1 aliphatic heterocycles. The summed E-state index contributed by atoms with van der Waals surface area (Å²) in [4.78, 5) is 50.0. The number of carboxylic acids is 2. The molecule has 1 aliphatic rings. The summed E-state index contributed by atoms with van der Waals surface area (Å²) in [5, 5.41) is 22.7. The Kier molecular flexibility index (Phi) is 10.9. The van der Waals surface area contributed by atoms with Crippen LogP contribution < -0.4 is 15.5 Å². The first-order valence-corrected chi connectivity index (χ1v) is 13.1. The van der Waals surface area contributed by atoms with E-state index in [4.69, 9.17) is 9.90 Å². The van der Waals surface area contributed by atoms with Gasteiger partial charge in [0.2, 0.25) is 5.91 Å². The molecule has 228 valence electrons. The number of amides is 2. The number of benzene rings is 3. The molecular formula is C30H31F3N4O6. The molecule has 0 bridgehead atoms. The van der Waals surface area contributed by atoms with E-state index in [-0.39, 0.29) is 23.9 Å². The third kappa shape index (κ3) is 9.85. The van der Waals surface area contributed by atoms with Gasteiger partial charge in [-0.2, -0.15) is 13.2 Å². The van der Waals surface area contributed by atoms with Crippen LogP contribution in [-0.2, 0) is 9.59 Å². The highest BCUT2D eigenvalue weighted by Gasteiger charge is 2.38. The first kappa shape index (κ1) is 32.6. The number of nitrogens with one attached hydrogen (secondary N) is 2. The summed E-state index contributed by atoms with van der Waals surface area (Å²) in [5.74, 6) is -4.18. The minimum atomic E-state index is -5.08. The molecule has 1 saturated heterocycles. The molecule has 0 atom stereocenters. The molecule has 4 N–H and O–H groups in total. The van der Waals surface area contributed by atoms with E-state index in [0.29, 0.717) is 43.1 Å². The van der Waals surface area contributed by atoms with Crippen molar-refractivity contribution in [3.63, 3.8) is 0 Å². The van der Waals surface area contributed by atoms with Gasteiger partial charge in [0, 0.05) is 43.1 Å². The van der Waals surface area contributed by atoms with Crippen LogP contribution in [0.1, 0.15) is 31.8 Å². The molecule has 0 aromatic heterocycles. The molecule has 1 fully saturated rings. The van der Waals surface area contributed by atoms with Crippen LogP contribution in [0.4, 0.5) is 30.2 Å². The number of alkyl halides is 3. The van der Waals surface area contributed by atoms with Crippen molar-refractivity contribution < 1.29 is 42.6 Å². The highest BCUT2D eigenvalue weighted by Crippen LogP contribution is 2.26. The Balaban J connectivity index is 0.000000646. The predicted octanol–water partition coefficient (Wildman–Crippen LogP) is 4.65. The van der Waals surface area contributed by atoms with Crippen LogP contribution in [0.2, 0.25) is 0 Å². The summed E-state index contributed by atoms with van der Waals surface area (Å²) in [6.45, 7) is 6.60. The van der Waals surface area contributed by atoms with Crippen LogP contribution in [-0.4, -0.2) is 77.8 Å². The van der Waals surface area contributed by atoms with E-state index in [9.17, 15) is 32.7 Å². The van der Waals surface area contributed by atoms with Gasteiger partial charge in [-0.15, -0.1) is 0 Å². The SMILES string of the molecule is Cc1cccc(NC(=O)CN2CCN(c3ccc(NC(=O)c4cccc(C)c4)cc3C(=O)O)CC2)c1.O=C(O)C(F)(F)F. The second kappa shape index (κ2) is 14.3. The van der Waals surface area contributed by atoms with Crippen LogP contribution in [0.25, 0.3) is 0 Å². The van der Waals surface area contributed by atoms with Crippen molar-refractivity contribution >= 4 is 40.8 Å². The maximum atomic E-state index is 12.6. The number of hydrogen-bond acceptors (Lipinski definition) is 6. The quantitative estimate of drug-likeness (QED) is 0.308. The van der Waals surface area contributed by atoms with Gasteiger partial charge in [0.1, 0.15) is 0 Å². The largest absolute Gasteiger partial charge is 0.490 e. The highest BCUT2D eigenvalue weighted by atomic mass is 19.4. The summed E-state index contributed by atoms with van der Waals surface area (Å²) < 4.78 is 31.7. The van der Waals surface area contributed by atoms with Crippen LogP contribution in [0, 0.1) is 13.8 Å². The van der Waals surface area contributed by atoms with Gasteiger partial charge in [-0.25, -0.2) is 9.59 Å². The van der Waals surface area contributed by atoms with Crippen molar-refractivity contribution in [2.75, 3.05) is 48.3 Å². The summed E-state index contributed by atoms with van der Waals surface area (Å²) in [6.07, 6.45) is -5.08. The van der Waals surface area contributed by atoms with Gasteiger partial charge in [0.25, 0.3) is 5.91 Å². The zero-order valence-corrected chi connectivity index (χ0v) is 23.4. The second-order valence-electron chi connectivity index (χ2n) is 9.84. The minimum absolute atomic E-state index is 0.0750. The Bertz CT molecular complexity index is 1490. The van der Waals surface area contributed by atoms with Crippen LogP contribution >= 0.6 is 0 Å². The summed E-state index contributed by atoms with van der Waals surface area (Å²) in [5.41, 5.74) is 4.49. The monoisotopic (exact) mass is 600 g/mol. The fourth-order valence-electron chi connectivity index (χ4n) is 4.32. The summed E-state index contributed by atoms with van der Waals surface area (Å²) >= 11 is 0. The third-order valence-corrected chi connectivity index (χ3v) is 6.39. The van der Waals surface area contributed by atoms with Crippen molar-refractivity contribution in [3.8, 4) is 0 Å². The number of carbonyl (C=O) groups excluding carboxylic acids is 2. The van der Waals surface area contributed by atoms with E-state index in [1.807, 2.05) is 55.1 Å². The molecule has 10 nitrogen and oxygen atoms in total. The topological polar surface area (TPSA) is 139 Å². The van der Waals surface area contributed by atoms with Crippen LogP contribution in [0.3, 0.4) is 0 Å². The molecule has 3 aromatic rings. The number of piperazine rings is 1. The fraction of sp³-hybridized carbons (Fsp3) is 0.267. The Labute approximate surface area is 245 Å². The number of aliphatic carboxylic acids is 1. The molecule has 4 rings (SSSR count). The van der Waals surface area contributed by atoms with Gasteiger partial charge in [-0.3, -0.25) is 14.5 Å². The van der Waals surface area contributed by atoms with E-state index in [2.05, 4.69) is 15.5 Å². The predicted molar refractivity (Wildman–Crippen MR) is 155 cm³/mol. The van der Waals surface area contributed by atoms with Gasteiger partial charge in [-0.05, 0) is 61.9 Å². The lowest BCUT2D eigenvalue weighted by atomic mass is 10.1. The molecule has 0 radical (unpaired) electrons. The van der Waals surface area contributed by atoms with Crippen LogP contribution in [0.5, 0.6) is 0 Å². The lowest BCUT2D eigenvalue weighted by Gasteiger charge is -2.36. The number of nitrogens with zero attached hydrogens (tertiary/aromatic N) is 2. The van der Waals surface area contributed by atoms with E-state index in [0.717, 1.165) is 16.8 Å². The van der Waals surface area contributed by atoms with E-state index in [1.54, 1.807) is 24.3 Å². The maximum absolute atomic E-state index is 12.6. The van der Waals surface area contributed by atoms with E-state index in [1.165, 1.54) is 6.07 Å². The molecule has 0 saturated carbocycles. The van der Waals surface area contributed by atoms with Gasteiger partial charge >= 0.3 is 18.1 Å². The first-order chi connectivity index (χ1) is 20.2. The number of rotatable bonds is 7. The zero-order chi connectivity index (χ0) is 31.7. The van der Waals surface area contributed by atoms with Gasteiger partial charge in [0.15, 0.2) is 0 Å². The van der Waals surface area contributed by atoms with Crippen molar-refractivity contribution in [2.45, 2.75) is 20.0 Å². The fourth-order valence-corrected chi connectivity index (χ4v) is 4.32. The standard InChI is InChI=1S/C28H30N4O4.C2HF3O2/c1-19-5-3-7-21(15-19)27(34)30-23-9-10-25(24(17-23)28(35)36)32-13-11-31(12-14-32)18-26(33)29-22-8-4-6-20(2)16-22;3-2(4,5)1(6)7/h3-10,15-17H,11-14,18H2,1-2H3,(H,29,33)(H,30,34)(H,35,36);(H,6,7).